The van der Waals surface area contributed by atoms with Gasteiger partial charge in [0, 0.05) is 0 Å². The molecule has 0 aliphatic heterocycles. The van der Waals surface area contributed by atoms with Crippen LogP contribution in [0.1, 0.15) is 33.1 Å². The van der Waals surface area contributed by atoms with E-state index in [2.05, 4.69) is 32.9 Å². The zero-order chi connectivity index (χ0) is 7.11. The lowest BCUT2D eigenvalue weighted by Gasteiger charge is -1.97. The van der Waals surface area contributed by atoms with Crippen LogP contribution in [0.2, 0.25) is 0 Å². The summed E-state index contributed by atoms with van der Waals surface area (Å²) in [5.41, 5.74) is 0. The monoisotopic (exact) mass is 125 g/mol. The van der Waals surface area contributed by atoms with Gasteiger partial charge in [-0.25, -0.2) is 0 Å². The highest BCUT2D eigenvalue weighted by Crippen LogP contribution is 2.02. The fraction of sp³-hybridized carbons (Fsp3) is 0.667. The van der Waals surface area contributed by atoms with Crippen LogP contribution in [0.25, 0.3) is 0 Å². The molecule has 0 aromatic rings. The standard InChI is InChI=1S/C9H17/c1-4-6-7-8-9(3)5-2/h7-9H,3-6H2,1-2H3/b8-7+. The van der Waals surface area contributed by atoms with E-state index in [1.54, 1.807) is 0 Å². The van der Waals surface area contributed by atoms with Crippen LogP contribution in [0, 0.1) is 12.8 Å². The summed E-state index contributed by atoms with van der Waals surface area (Å²) >= 11 is 0. The molecule has 0 heteroatoms. The van der Waals surface area contributed by atoms with E-state index in [1.807, 2.05) is 0 Å². The van der Waals surface area contributed by atoms with Crippen molar-refractivity contribution in [3.05, 3.63) is 19.1 Å². The third-order valence-corrected chi connectivity index (χ3v) is 1.39. The Bertz CT molecular complexity index is 72.1. The fourth-order valence-corrected chi connectivity index (χ4v) is 0.591. The Morgan fingerprint density at radius 2 is 2.11 bits per heavy atom. The van der Waals surface area contributed by atoms with Gasteiger partial charge >= 0.3 is 0 Å². The highest BCUT2D eigenvalue weighted by molar-refractivity contribution is 4.88. The molecule has 0 amide bonds. The quantitative estimate of drug-likeness (QED) is 0.506. The third-order valence-electron chi connectivity index (χ3n) is 1.39. The van der Waals surface area contributed by atoms with E-state index in [9.17, 15) is 0 Å². The minimum Gasteiger partial charge on any atom is -0.0883 e. The topological polar surface area (TPSA) is 0 Å². The Balaban J connectivity index is 3.20. The van der Waals surface area contributed by atoms with E-state index in [0.29, 0.717) is 5.92 Å². The first-order valence-electron chi connectivity index (χ1n) is 3.81. The number of rotatable bonds is 4. The van der Waals surface area contributed by atoms with Gasteiger partial charge in [-0.1, -0.05) is 32.4 Å². The SMILES string of the molecule is [CH2]C(/C=C/CCC)CC. The smallest absolute Gasteiger partial charge is 0.0236 e. The number of hydrogen-bond acceptors (Lipinski definition) is 0. The molecule has 0 saturated heterocycles. The Morgan fingerprint density at radius 3 is 2.56 bits per heavy atom. The Morgan fingerprint density at radius 1 is 1.44 bits per heavy atom. The highest BCUT2D eigenvalue weighted by atomic mass is 13.9. The molecule has 0 heterocycles. The second-order valence-electron chi connectivity index (χ2n) is 2.39. The molecule has 0 fully saturated rings. The van der Waals surface area contributed by atoms with Crippen LogP contribution >= 0.6 is 0 Å². The van der Waals surface area contributed by atoms with Crippen molar-refractivity contribution in [3.63, 3.8) is 0 Å². The van der Waals surface area contributed by atoms with Crippen molar-refractivity contribution in [1.82, 2.24) is 0 Å². The van der Waals surface area contributed by atoms with Crippen molar-refractivity contribution >= 4 is 0 Å². The molecule has 0 aromatic carbocycles. The lowest BCUT2D eigenvalue weighted by Crippen LogP contribution is -1.83. The molecule has 0 aromatic heterocycles. The lowest BCUT2D eigenvalue weighted by molar-refractivity contribution is 0.763. The third kappa shape index (κ3) is 5.61. The van der Waals surface area contributed by atoms with Crippen LogP contribution < -0.4 is 0 Å². The van der Waals surface area contributed by atoms with Crippen LogP contribution in [-0.2, 0) is 0 Å². The van der Waals surface area contributed by atoms with Gasteiger partial charge in [0.25, 0.3) is 0 Å². The van der Waals surface area contributed by atoms with E-state index in [4.69, 9.17) is 0 Å². The van der Waals surface area contributed by atoms with Gasteiger partial charge in [0.2, 0.25) is 0 Å². The van der Waals surface area contributed by atoms with Gasteiger partial charge in [0.15, 0.2) is 0 Å². The first kappa shape index (κ1) is 8.74. The molecule has 53 valence electrons. The second kappa shape index (κ2) is 5.87. The molecule has 0 aliphatic rings. The maximum absolute atomic E-state index is 3.94. The summed E-state index contributed by atoms with van der Waals surface area (Å²) in [7, 11) is 0. The molecule has 0 bridgehead atoms. The van der Waals surface area contributed by atoms with E-state index >= 15 is 0 Å². The van der Waals surface area contributed by atoms with Crippen molar-refractivity contribution in [1.29, 1.82) is 0 Å². The highest BCUT2D eigenvalue weighted by Gasteiger charge is 1.88. The molecule has 0 N–H and O–H groups in total. The Hall–Kier alpha value is -0.260. The molecule has 0 saturated carbocycles. The minimum atomic E-state index is 0.525. The maximum Gasteiger partial charge on any atom is -0.0236 e. The van der Waals surface area contributed by atoms with Crippen molar-refractivity contribution in [2.75, 3.05) is 0 Å². The number of allylic oxidation sites excluding steroid dienone is 2. The number of hydrogen-bond donors (Lipinski definition) is 0. The van der Waals surface area contributed by atoms with E-state index in [0.717, 1.165) is 6.42 Å². The minimum absolute atomic E-state index is 0.525. The molecule has 1 unspecified atom stereocenters. The molecule has 0 nitrogen and oxygen atoms in total. The van der Waals surface area contributed by atoms with Crippen LogP contribution in [-0.4, -0.2) is 0 Å². The zero-order valence-electron chi connectivity index (χ0n) is 6.56. The van der Waals surface area contributed by atoms with Crippen LogP contribution in [0.4, 0.5) is 0 Å². The van der Waals surface area contributed by atoms with Gasteiger partial charge in [-0.05, 0) is 25.7 Å². The lowest BCUT2D eigenvalue weighted by atomic mass is 10.1. The average molecular weight is 125 g/mol. The molecule has 1 atom stereocenters. The molecule has 0 rings (SSSR count). The predicted molar refractivity (Wildman–Crippen MR) is 43.2 cm³/mol. The van der Waals surface area contributed by atoms with E-state index in [1.165, 1.54) is 12.8 Å². The fourth-order valence-electron chi connectivity index (χ4n) is 0.591. The van der Waals surface area contributed by atoms with Crippen LogP contribution in [0.15, 0.2) is 12.2 Å². The summed E-state index contributed by atoms with van der Waals surface area (Å²) < 4.78 is 0. The summed E-state index contributed by atoms with van der Waals surface area (Å²) in [5, 5.41) is 0. The summed E-state index contributed by atoms with van der Waals surface area (Å²) in [6.07, 6.45) is 8.02. The predicted octanol–water partition coefficient (Wildman–Crippen LogP) is 3.20. The van der Waals surface area contributed by atoms with Crippen molar-refractivity contribution < 1.29 is 0 Å². The van der Waals surface area contributed by atoms with E-state index in [-0.39, 0.29) is 0 Å². The van der Waals surface area contributed by atoms with Crippen molar-refractivity contribution in [2.24, 2.45) is 5.92 Å². The maximum atomic E-state index is 3.94. The van der Waals surface area contributed by atoms with Crippen LogP contribution in [0.3, 0.4) is 0 Å². The number of unbranched alkanes of at least 4 members (excludes halogenated alkanes) is 1. The molecule has 9 heavy (non-hydrogen) atoms. The molecular weight excluding hydrogens is 108 g/mol. The molecule has 1 radical (unpaired) electrons. The average Bonchev–Trinajstić information content (AvgIpc) is 1.89. The van der Waals surface area contributed by atoms with Gasteiger partial charge in [-0.15, -0.1) is 0 Å². The largest absolute Gasteiger partial charge is 0.0883 e. The first-order chi connectivity index (χ1) is 4.31. The molecule has 0 spiro atoms. The molecular formula is C9H17. The first-order valence-corrected chi connectivity index (χ1v) is 3.81. The summed E-state index contributed by atoms with van der Waals surface area (Å²) in [6.45, 7) is 8.29. The normalized spacial score (nSPS) is 14.6. The zero-order valence-corrected chi connectivity index (χ0v) is 6.56. The van der Waals surface area contributed by atoms with Gasteiger partial charge in [0.1, 0.15) is 0 Å². The van der Waals surface area contributed by atoms with Gasteiger partial charge in [0.05, 0.1) is 0 Å². The van der Waals surface area contributed by atoms with Gasteiger partial charge in [-0.2, -0.15) is 0 Å². The Kier molecular flexibility index (Phi) is 5.70. The van der Waals surface area contributed by atoms with E-state index < -0.39 is 0 Å². The summed E-state index contributed by atoms with van der Waals surface area (Å²) in [5.74, 6) is 0.525. The van der Waals surface area contributed by atoms with Crippen LogP contribution in [0.5, 0.6) is 0 Å². The van der Waals surface area contributed by atoms with Gasteiger partial charge in [-0.3, -0.25) is 0 Å². The summed E-state index contributed by atoms with van der Waals surface area (Å²) in [4.78, 5) is 0. The van der Waals surface area contributed by atoms with Gasteiger partial charge < -0.3 is 0 Å². The van der Waals surface area contributed by atoms with Crippen molar-refractivity contribution in [2.45, 2.75) is 33.1 Å². The molecule has 0 aliphatic carbocycles. The summed E-state index contributed by atoms with van der Waals surface area (Å²) in [6, 6.07) is 0. The van der Waals surface area contributed by atoms with Crippen molar-refractivity contribution in [3.8, 4) is 0 Å². The second-order valence-corrected chi connectivity index (χ2v) is 2.39. The Labute approximate surface area is 59.0 Å².